The van der Waals surface area contributed by atoms with Crippen molar-refractivity contribution in [3.63, 3.8) is 0 Å². The third kappa shape index (κ3) is 3.41. The van der Waals surface area contributed by atoms with E-state index in [9.17, 15) is 0 Å². The van der Waals surface area contributed by atoms with Crippen LogP contribution in [0.4, 0.5) is 0 Å². The average Bonchev–Trinajstić information content (AvgIpc) is 2.83. The summed E-state index contributed by atoms with van der Waals surface area (Å²) in [5.74, 6) is 0.877. The van der Waals surface area contributed by atoms with Crippen molar-refractivity contribution in [3.05, 3.63) is 51.2 Å². The highest BCUT2D eigenvalue weighted by atomic mass is 35.5. The van der Waals surface area contributed by atoms with E-state index in [-0.39, 0.29) is 5.38 Å². The second-order valence-corrected chi connectivity index (χ2v) is 5.87. The lowest BCUT2D eigenvalue weighted by Crippen LogP contribution is -1.93. The van der Waals surface area contributed by atoms with Crippen molar-refractivity contribution in [2.45, 2.75) is 18.2 Å². The van der Waals surface area contributed by atoms with Gasteiger partial charge in [0.05, 0.1) is 17.5 Å². The van der Waals surface area contributed by atoms with E-state index >= 15 is 0 Å². The van der Waals surface area contributed by atoms with Crippen molar-refractivity contribution in [1.82, 2.24) is 0 Å². The maximum Gasteiger partial charge on any atom is 0.118 e. The van der Waals surface area contributed by atoms with Crippen LogP contribution in [0.3, 0.4) is 0 Å². The molecule has 0 fully saturated rings. The lowest BCUT2D eigenvalue weighted by atomic mass is 10.1. The molecule has 96 valence electrons. The molecule has 0 aliphatic carbocycles. The van der Waals surface area contributed by atoms with E-state index in [2.05, 4.69) is 12.1 Å². The standard InChI is InChI=1S/C14H14Cl2OS/c1-17-11-5-2-10(3-6-11)4-7-12(15)14-13(16)8-9-18-14/h2-3,5-6,8-9,12H,4,7H2,1H3. The molecule has 0 saturated heterocycles. The van der Waals surface area contributed by atoms with Crippen molar-refractivity contribution in [2.24, 2.45) is 0 Å². The summed E-state index contributed by atoms with van der Waals surface area (Å²) in [5, 5.41) is 2.73. The van der Waals surface area contributed by atoms with Crippen LogP contribution < -0.4 is 4.74 Å². The molecule has 1 nitrogen and oxygen atoms in total. The number of hydrogen-bond acceptors (Lipinski definition) is 2. The zero-order valence-electron chi connectivity index (χ0n) is 10.0. The number of benzene rings is 1. The number of hydrogen-bond donors (Lipinski definition) is 0. The molecule has 18 heavy (non-hydrogen) atoms. The molecule has 0 spiro atoms. The Kier molecular flexibility index (Phi) is 4.93. The molecule has 1 unspecified atom stereocenters. The predicted octanol–water partition coefficient (Wildman–Crippen LogP) is 5.32. The van der Waals surface area contributed by atoms with Crippen molar-refractivity contribution < 1.29 is 4.74 Å². The van der Waals surface area contributed by atoms with Gasteiger partial charge in [0.2, 0.25) is 0 Å². The summed E-state index contributed by atoms with van der Waals surface area (Å²) in [5.41, 5.74) is 1.26. The third-order valence-electron chi connectivity index (χ3n) is 2.77. The lowest BCUT2D eigenvalue weighted by molar-refractivity contribution is 0.414. The molecule has 1 aromatic carbocycles. The highest BCUT2D eigenvalue weighted by Crippen LogP contribution is 2.35. The highest BCUT2D eigenvalue weighted by molar-refractivity contribution is 7.11. The molecular weight excluding hydrogens is 287 g/mol. The summed E-state index contributed by atoms with van der Waals surface area (Å²) in [7, 11) is 1.67. The Bertz CT molecular complexity index is 493. The number of alkyl halides is 1. The smallest absolute Gasteiger partial charge is 0.118 e. The van der Waals surface area contributed by atoms with Gasteiger partial charge in [0.25, 0.3) is 0 Å². The van der Waals surface area contributed by atoms with Crippen LogP contribution in [0.2, 0.25) is 5.02 Å². The van der Waals surface area contributed by atoms with Crippen LogP contribution >= 0.6 is 34.5 Å². The zero-order valence-corrected chi connectivity index (χ0v) is 12.4. The van der Waals surface area contributed by atoms with Crippen molar-refractivity contribution in [3.8, 4) is 5.75 Å². The first-order valence-electron chi connectivity index (χ1n) is 5.70. The fourth-order valence-electron chi connectivity index (χ4n) is 1.75. The van der Waals surface area contributed by atoms with E-state index < -0.39 is 0 Å². The number of thiophene rings is 1. The summed E-state index contributed by atoms with van der Waals surface area (Å²) in [4.78, 5) is 1.06. The molecule has 0 aliphatic heterocycles. The third-order valence-corrected chi connectivity index (χ3v) is 4.81. The maximum atomic E-state index is 6.36. The van der Waals surface area contributed by atoms with Gasteiger partial charge in [0.15, 0.2) is 0 Å². The zero-order chi connectivity index (χ0) is 13.0. The van der Waals surface area contributed by atoms with E-state index in [0.29, 0.717) is 0 Å². The molecule has 2 aromatic rings. The fraction of sp³-hybridized carbons (Fsp3) is 0.286. The molecule has 0 saturated carbocycles. The number of methoxy groups -OCH3 is 1. The van der Waals surface area contributed by atoms with Gasteiger partial charge in [-0.25, -0.2) is 0 Å². The minimum Gasteiger partial charge on any atom is -0.497 e. The molecule has 4 heteroatoms. The van der Waals surface area contributed by atoms with Crippen LogP contribution in [0, 0.1) is 0 Å². The van der Waals surface area contributed by atoms with Crippen LogP contribution in [0.15, 0.2) is 35.7 Å². The van der Waals surface area contributed by atoms with Crippen LogP contribution in [-0.4, -0.2) is 7.11 Å². The fourth-order valence-corrected chi connectivity index (χ4v) is 3.38. The number of rotatable bonds is 5. The van der Waals surface area contributed by atoms with Gasteiger partial charge in [-0.05, 0) is 42.0 Å². The Morgan fingerprint density at radius 1 is 1.22 bits per heavy atom. The lowest BCUT2D eigenvalue weighted by Gasteiger charge is -2.08. The summed E-state index contributed by atoms with van der Waals surface area (Å²) in [6, 6.07) is 9.97. The van der Waals surface area contributed by atoms with Gasteiger partial charge < -0.3 is 4.74 Å². The second-order valence-electron chi connectivity index (χ2n) is 3.99. The Morgan fingerprint density at radius 3 is 2.50 bits per heavy atom. The number of ether oxygens (including phenoxy) is 1. The monoisotopic (exact) mass is 300 g/mol. The van der Waals surface area contributed by atoms with Gasteiger partial charge in [-0.3, -0.25) is 0 Å². The van der Waals surface area contributed by atoms with Gasteiger partial charge in [0.1, 0.15) is 5.75 Å². The number of aryl methyl sites for hydroxylation is 1. The Labute approximate surface area is 121 Å². The summed E-state index contributed by atoms with van der Waals surface area (Å²) < 4.78 is 5.13. The van der Waals surface area contributed by atoms with Crippen molar-refractivity contribution in [2.75, 3.05) is 7.11 Å². The summed E-state index contributed by atoms with van der Waals surface area (Å²) in [6.45, 7) is 0. The van der Waals surface area contributed by atoms with Crippen molar-refractivity contribution in [1.29, 1.82) is 0 Å². The van der Waals surface area contributed by atoms with E-state index in [1.54, 1.807) is 18.4 Å². The van der Waals surface area contributed by atoms with E-state index in [1.165, 1.54) is 5.56 Å². The molecule has 2 rings (SSSR count). The average molecular weight is 301 g/mol. The Hall–Kier alpha value is -0.700. The van der Waals surface area contributed by atoms with E-state index in [1.807, 2.05) is 23.6 Å². The number of halogens is 2. The Morgan fingerprint density at radius 2 is 1.94 bits per heavy atom. The first-order valence-corrected chi connectivity index (χ1v) is 7.40. The quantitative estimate of drug-likeness (QED) is 0.679. The normalized spacial score (nSPS) is 12.4. The van der Waals surface area contributed by atoms with Crippen LogP contribution in [0.1, 0.15) is 22.2 Å². The van der Waals surface area contributed by atoms with Crippen LogP contribution in [0.5, 0.6) is 5.75 Å². The maximum absolute atomic E-state index is 6.36. The van der Waals surface area contributed by atoms with Gasteiger partial charge >= 0.3 is 0 Å². The largest absolute Gasteiger partial charge is 0.497 e. The molecule has 0 bridgehead atoms. The molecular formula is C14H14Cl2OS. The van der Waals surface area contributed by atoms with Crippen LogP contribution in [0.25, 0.3) is 0 Å². The first-order chi connectivity index (χ1) is 8.70. The molecule has 0 aliphatic rings. The van der Waals surface area contributed by atoms with E-state index in [0.717, 1.165) is 28.5 Å². The Balaban J connectivity index is 1.93. The summed E-state index contributed by atoms with van der Waals surface area (Å²) in [6.07, 6.45) is 1.82. The predicted molar refractivity (Wildman–Crippen MR) is 79.2 cm³/mol. The first kappa shape index (κ1) is 13.7. The SMILES string of the molecule is COc1ccc(CCC(Cl)c2sccc2Cl)cc1. The highest BCUT2D eigenvalue weighted by Gasteiger charge is 2.13. The van der Waals surface area contributed by atoms with Gasteiger partial charge in [0, 0.05) is 4.88 Å². The minimum absolute atomic E-state index is 0.0143. The second kappa shape index (κ2) is 6.46. The molecule has 1 aromatic heterocycles. The molecule has 0 radical (unpaired) electrons. The topological polar surface area (TPSA) is 9.23 Å². The minimum atomic E-state index is -0.0143. The van der Waals surface area contributed by atoms with Crippen molar-refractivity contribution >= 4 is 34.5 Å². The molecule has 1 atom stereocenters. The van der Waals surface area contributed by atoms with Crippen LogP contribution in [-0.2, 0) is 6.42 Å². The van der Waals surface area contributed by atoms with Gasteiger partial charge in [-0.15, -0.1) is 22.9 Å². The van der Waals surface area contributed by atoms with Gasteiger partial charge in [-0.2, -0.15) is 0 Å². The van der Waals surface area contributed by atoms with Gasteiger partial charge in [-0.1, -0.05) is 23.7 Å². The molecule has 1 heterocycles. The molecule has 0 amide bonds. The summed E-state index contributed by atoms with van der Waals surface area (Å²) >= 11 is 14.0. The van der Waals surface area contributed by atoms with E-state index in [4.69, 9.17) is 27.9 Å². The molecule has 0 N–H and O–H groups in total.